The van der Waals surface area contributed by atoms with Crippen LogP contribution in [0, 0.1) is 0 Å². The van der Waals surface area contributed by atoms with Gasteiger partial charge in [0.15, 0.2) is 5.78 Å². The predicted octanol–water partition coefficient (Wildman–Crippen LogP) is 3.93. The van der Waals surface area contributed by atoms with E-state index in [0.717, 1.165) is 15.6 Å². The summed E-state index contributed by atoms with van der Waals surface area (Å²) in [7, 11) is 0. The van der Waals surface area contributed by atoms with Crippen molar-refractivity contribution in [2.75, 3.05) is 0 Å². The van der Waals surface area contributed by atoms with E-state index in [1.165, 1.54) is 11.3 Å². The number of thiazole rings is 1. The van der Waals surface area contributed by atoms with Crippen LogP contribution in [0.5, 0.6) is 0 Å². The number of rotatable bonds is 3. The normalized spacial score (nSPS) is 11.7. The maximum absolute atomic E-state index is 11.9. The molecule has 0 aliphatic heterocycles. The van der Waals surface area contributed by atoms with Crippen molar-refractivity contribution in [3.8, 4) is 0 Å². The van der Waals surface area contributed by atoms with E-state index in [0.29, 0.717) is 6.42 Å². The van der Waals surface area contributed by atoms with E-state index in [1.807, 2.05) is 17.5 Å². The van der Waals surface area contributed by atoms with Gasteiger partial charge in [-0.25, -0.2) is 4.98 Å². The highest BCUT2D eigenvalue weighted by Crippen LogP contribution is 2.24. The molecule has 0 bridgehead atoms. The summed E-state index contributed by atoms with van der Waals surface area (Å²) >= 11 is 3.06. The Morgan fingerprint density at radius 3 is 2.65 bits per heavy atom. The Hall–Kier alpha value is -1.00. The molecule has 17 heavy (non-hydrogen) atoms. The summed E-state index contributed by atoms with van der Waals surface area (Å²) in [6.45, 7) is 6.40. The van der Waals surface area contributed by atoms with Crippen LogP contribution in [0.4, 0.5) is 0 Å². The van der Waals surface area contributed by atoms with Crippen LogP contribution in [0.1, 0.15) is 41.1 Å². The van der Waals surface area contributed by atoms with Crippen molar-refractivity contribution in [2.45, 2.75) is 32.6 Å². The van der Waals surface area contributed by atoms with Gasteiger partial charge in [0.25, 0.3) is 0 Å². The van der Waals surface area contributed by atoms with Gasteiger partial charge in [-0.2, -0.15) is 0 Å². The largest absolute Gasteiger partial charge is 0.293 e. The molecule has 4 heteroatoms. The summed E-state index contributed by atoms with van der Waals surface area (Å²) in [5, 5.41) is 4.89. The molecule has 2 heterocycles. The van der Waals surface area contributed by atoms with Crippen molar-refractivity contribution in [1.82, 2.24) is 4.98 Å². The smallest absolute Gasteiger partial charge is 0.179 e. The fourth-order valence-electron chi connectivity index (χ4n) is 1.40. The van der Waals surface area contributed by atoms with Crippen molar-refractivity contribution in [3.05, 3.63) is 38.5 Å². The molecule has 0 fully saturated rings. The van der Waals surface area contributed by atoms with Gasteiger partial charge in [-0.05, 0) is 11.4 Å². The molecule has 2 nitrogen and oxygen atoms in total. The van der Waals surface area contributed by atoms with E-state index < -0.39 is 0 Å². The SMILES string of the molecule is CC(C)(C)c1csc(CC(=O)c2cccs2)n1. The number of Topliss-reactive ketones (excluding diaryl/α,β-unsaturated/α-hetero) is 1. The Kier molecular flexibility index (Phi) is 3.45. The van der Waals surface area contributed by atoms with Crippen LogP contribution in [0.25, 0.3) is 0 Å². The molecule has 0 aliphatic rings. The zero-order valence-electron chi connectivity index (χ0n) is 10.2. The third kappa shape index (κ3) is 3.01. The molecule has 0 aliphatic carbocycles. The van der Waals surface area contributed by atoms with Crippen LogP contribution in [0.2, 0.25) is 0 Å². The number of carbonyl (C=O) groups excluding carboxylic acids is 1. The topological polar surface area (TPSA) is 30.0 Å². The molecule has 0 radical (unpaired) electrons. The molecule has 2 rings (SSSR count). The fourth-order valence-corrected chi connectivity index (χ4v) is 3.08. The van der Waals surface area contributed by atoms with Crippen LogP contribution in [0.3, 0.4) is 0 Å². The molecule has 2 aromatic heterocycles. The first-order chi connectivity index (χ1) is 7.97. The van der Waals surface area contributed by atoms with Gasteiger partial charge in [0.05, 0.1) is 17.0 Å². The second-order valence-electron chi connectivity index (χ2n) is 4.95. The maximum atomic E-state index is 11.9. The van der Waals surface area contributed by atoms with Crippen molar-refractivity contribution in [2.24, 2.45) is 0 Å². The molecule has 0 amide bonds. The summed E-state index contributed by atoms with van der Waals surface area (Å²) in [5.41, 5.74) is 1.12. The third-order valence-corrected chi connectivity index (χ3v) is 4.19. The zero-order valence-corrected chi connectivity index (χ0v) is 11.8. The molecular formula is C13H15NOS2. The van der Waals surface area contributed by atoms with Crippen LogP contribution < -0.4 is 0 Å². The standard InChI is InChI=1S/C13H15NOS2/c1-13(2,3)11-8-17-12(14-11)7-9(15)10-5-4-6-16-10/h4-6,8H,7H2,1-3H3. The highest BCUT2D eigenvalue weighted by Gasteiger charge is 2.18. The van der Waals surface area contributed by atoms with Gasteiger partial charge >= 0.3 is 0 Å². The van der Waals surface area contributed by atoms with E-state index in [2.05, 4.69) is 31.1 Å². The first kappa shape index (κ1) is 12.5. The number of nitrogens with zero attached hydrogens (tertiary/aromatic N) is 1. The van der Waals surface area contributed by atoms with E-state index in [-0.39, 0.29) is 11.2 Å². The molecular weight excluding hydrogens is 250 g/mol. The van der Waals surface area contributed by atoms with Crippen molar-refractivity contribution in [3.63, 3.8) is 0 Å². The lowest BCUT2D eigenvalue weighted by Crippen LogP contribution is -2.12. The quantitative estimate of drug-likeness (QED) is 0.787. The summed E-state index contributed by atoms with van der Waals surface area (Å²) in [4.78, 5) is 17.3. The molecule has 0 spiro atoms. The Morgan fingerprint density at radius 1 is 1.35 bits per heavy atom. The number of hydrogen-bond acceptors (Lipinski definition) is 4. The Labute approximate surface area is 109 Å². The molecule has 0 saturated carbocycles. The second-order valence-corrected chi connectivity index (χ2v) is 6.84. The minimum absolute atomic E-state index is 0.0563. The average molecular weight is 265 g/mol. The maximum Gasteiger partial charge on any atom is 0.179 e. The molecule has 2 aromatic rings. The first-order valence-corrected chi connectivity index (χ1v) is 7.24. The van der Waals surface area contributed by atoms with E-state index in [1.54, 1.807) is 11.3 Å². The van der Waals surface area contributed by atoms with E-state index in [4.69, 9.17) is 0 Å². The van der Waals surface area contributed by atoms with Gasteiger partial charge in [0.1, 0.15) is 5.01 Å². The summed E-state index contributed by atoms with van der Waals surface area (Å²) in [5.74, 6) is 0.162. The lowest BCUT2D eigenvalue weighted by Gasteiger charge is -2.14. The Bertz CT molecular complexity index is 506. The van der Waals surface area contributed by atoms with Gasteiger partial charge in [-0.3, -0.25) is 4.79 Å². The zero-order chi connectivity index (χ0) is 12.5. The van der Waals surface area contributed by atoms with Crippen LogP contribution in [-0.2, 0) is 11.8 Å². The molecule has 90 valence electrons. The molecule has 0 atom stereocenters. The summed E-state index contributed by atoms with van der Waals surface area (Å²) in [6.07, 6.45) is 0.418. The van der Waals surface area contributed by atoms with Crippen molar-refractivity contribution in [1.29, 1.82) is 0 Å². The Morgan fingerprint density at radius 2 is 2.12 bits per heavy atom. The van der Waals surface area contributed by atoms with Crippen LogP contribution in [-0.4, -0.2) is 10.8 Å². The minimum Gasteiger partial charge on any atom is -0.293 e. The molecule has 0 N–H and O–H groups in total. The number of carbonyl (C=O) groups is 1. The second kappa shape index (κ2) is 4.70. The van der Waals surface area contributed by atoms with Gasteiger partial charge in [0, 0.05) is 10.8 Å². The third-order valence-electron chi connectivity index (χ3n) is 2.43. The number of thiophene rings is 1. The highest BCUT2D eigenvalue weighted by molar-refractivity contribution is 7.12. The molecule has 0 aromatic carbocycles. The van der Waals surface area contributed by atoms with Crippen LogP contribution in [0.15, 0.2) is 22.9 Å². The number of ketones is 1. The summed E-state index contributed by atoms with van der Waals surface area (Å²) in [6, 6.07) is 3.77. The first-order valence-electron chi connectivity index (χ1n) is 5.48. The molecule has 0 saturated heterocycles. The molecule has 0 unspecified atom stereocenters. The Balaban J connectivity index is 2.10. The van der Waals surface area contributed by atoms with E-state index in [9.17, 15) is 4.79 Å². The van der Waals surface area contributed by atoms with Gasteiger partial charge in [0.2, 0.25) is 0 Å². The highest BCUT2D eigenvalue weighted by atomic mass is 32.1. The van der Waals surface area contributed by atoms with Gasteiger partial charge in [-0.1, -0.05) is 26.8 Å². The van der Waals surface area contributed by atoms with Crippen LogP contribution >= 0.6 is 22.7 Å². The number of hydrogen-bond donors (Lipinski definition) is 0. The van der Waals surface area contributed by atoms with Gasteiger partial charge in [-0.15, -0.1) is 22.7 Å². The fraction of sp³-hybridized carbons (Fsp3) is 0.385. The lowest BCUT2D eigenvalue weighted by atomic mass is 9.93. The minimum atomic E-state index is 0.0563. The monoisotopic (exact) mass is 265 g/mol. The summed E-state index contributed by atoms with van der Waals surface area (Å²) < 4.78 is 0. The van der Waals surface area contributed by atoms with E-state index >= 15 is 0 Å². The van der Waals surface area contributed by atoms with Gasteiger partial charge < -0.3 is 0 Å². The lowest BCUT2D eigenvalue weighted by molar-refractivity contribution is 0.0996. The average Bonchev–Trinajstić information content (AvgIpc) is 2.85. The van der Waals surface area contributed by atoms with Crippen molar-refractivity contribution < 1.29 is 4.79 Å². The predicted molar refractivity (Wildman–Crippen MR) is 73.2 cm³/mol. The number of aromatic nitrogens is 1. The van der Waals surface area contributed by atoms with Crippen molar-refractivity contribution >= 4 is 28.5 Å².